The third-order valence-electron chi connectivity index (χ3n) is 6.78. The zero-order valence-electron chi connectivity index (χ0n) is 25.3. The maximum absolute atomic E-state index is 9.53. The SMILES string of the molecule is CC(C)(C)CC(C)(C)c1ccc(O)c(I)c1.CC(C)(C)CC(C)(C)c1ccc(OC2CCCCO2)c(I)c1. The van der Waals surface area contributed by atoms with Crippen LogP contribution in [0.5, 0.6) is 11.5 Å². The molecule has 2 aromatic rings. The lowest BCUT2D eigenvalue weighted by Crippen LogP contribution is -2.26. The Balaban J connectivity index is 0.000000281. The molecule has 0 saturated carbocycles. The van der Waals surface area contributed by atoms with Gasteiger partial charge < -0.3 is 14.6 Å². The minimum absolute atomic E-state index is 0.0734. The van der Waals surface area contributed by atoms with Crippen molar-refractivity contribution in [2.75, 3.05) is 6.61 Å². The van der Waals surface area contributed by atoms with Gasteiger partial charge in [0.1, 0.15) is 11.5 Å². The highest BCUT2D eigenvalue weighted by Crippen LogP contribution is 2.39. The minimum Gasteiger partial charge on any atom is -0.507 e. The molecule has 5 heteroatoms. The molecular formula is C33H50I2O3. The van der Waals surface area contributed by atoms with Gasteiger partial charge in [-0.3, -0.25) is 0 Å². The number of aromatic hydroxyl groups is 1. The van der Waals surface area contributed by atoms with Crippen LogP contribution in [0.2, 0.25) is 0 Å². The molecule has 1 unspecified atom stereocenters. The number of phenols is 1. The van der Waals surface area contributed by atoms with Crippen molar-refractivity contribution >= 4 is 45.2 Å². The molecule has 0 aromatic heterocycles. The smallest absolute Gasteiger partial charge is 0.199 e. The molecular weight excluding hydrogens is 698 g/mol. The molecule has 1 aliphatic heterocycles. The van der Waals surface area contributed by atoms with E-state index in [-0.39, 0.29) is 17.1 Å². The van der Waals surface area contributed by atoms with Crippen LogP contribution in [0, 0.1) is 18.0 Å². The third kappa shape index (κ3) is 11.1. The molecule has 3 rings (SSSR count). The van der Waals surface area contributed by atoms with E-state index in [2.05, 4.69) is 139 Å². The van der Waals surface area contributed by atoms with Crippen LogP contribution in [0.4, 0.5) is 0 Å². The molecule has 0 aliphatic carbocycles. The lowest BCUT2D eigenvalue weighted by Gasteiger charge is -2.33. The van der Waals surface area contributed by atoms with Gasteiger partial charge in [0.05, 0.1) is 13.7 Å². The van der Waals surface area contributed by atoms with E-state index in [1.165, 1.54) is 21.1 Å². The van der Waals surface area contributed by atoms with Gasteiger partial charge >= 0.3 is 0 Å². The molecule has 38 heavy (non-hydrogen) atoms. The van der Waals surface area contributed by atoms with Gasteiger partial charge in [0.25, 0.3) is 0 Å². The molecule has 214 valence electrons. The van der Waals surface area contributed by atoms with Crippen molar-refractivity contribution in [1.82, 2.24) is 0 Å². The van der Waals surface area contributed by atoms with Gasteiger partial charge in [0, 0.05) is 6.42 Å². The predicted octanol–water partition coefficient (Wildman–Crippen LogP) is 10.6. The monoisotopic (exact) mass is 748 g/mol. The van der Waals surface area contributed by atoms with Gasteiger partial charge in [-0.05, 0) is 128 Å². The molecule has 1 fully saturated rings. The quantitative estimate of drug-likeness (QED) is 0.299. The predicted molar refractivity (Wildman–Crippen MR) is 178 cm³/mol. The summed E-state index contributed by atoms with van der Waals surface area (Å²) in [6, 6.07) is 12.5. The number of rotatable bonds is 6. The summed E-state index contributed by atoms with van der Waals surface area (Å²) in [5.41, 5.74) is 3.62. The second-order valence-corrected chi connectivity index (χ2v) is 16.8. The van der Waals surface area contributed by atoms with E-state index in [1.807, 2.05) is 6.07 Å². The molecule has 1 saturated heterocycles. The number of hydrogen-bond donors (Lipinski definition) is 1. The minimum atomic E-state index is -0.0734. The summed E-state index contributed by atoms with van der Waals surface area (Å²) in [5, 5.41) is 9.53. The molecule has 1 N–H and O–H groups in total. The van der Waals surface area contributed by atoms with E-state index < -0.39 is 0 Å². The molecule has 1 aliphatic rings. The molecule has 3 nitrogen and oxygen atoms in total. The summed E-state index contributed by atoms with van der Waals surface area (Å²) < 4.78 is 13.8. The van der Waals surface area contributed by atoms with Gasteiger partial charge in [-0.1, -0.05) is 81.4 Å². The van der Waals surface area contributed by atoms with E-state index in [9.17, 15) is 5.11 Å². The largest absolute Gasteiger partial charge is 0.507 e. The van der Waals surface area contributed by atoms with Gasteiger partial charge in [-0.25, -0.2) is 0 Å². The normalized spacial score (nSPS) is 17.0. The highest BCUT2D eigenvalue weighted by atomic mass is 127. The van der Waals surface area contributed by atoms with Crippen molar-refractivity contribution in [2.24, 2.45) is 10.8 Å². The van der Waals surface area contributed by atoms with Crippen LogP contribution in [0.25, 0.3) is 0 Å². The Morgan fingerprint density at radius 3 is 1.68 bits per heavy atom. The Bertz CT molecular complexity index is 1040. The van der Waals surface area contributed by atoms with Crippen molar-refractivity contribution in [2.45, 2.75) is 118 Å². The number of halogens is 2. The highest BCUT2D eigenvalue weighted by Gasteiger charge is 2.29. The standard InChI is InChI=1S/C19H29IO2.C14H21IO/c1-18(2,3)13-19(4,5)14-9-10-16(15(20)12-14)22-17-8-6-7-11-21-17;1-13(2,3)9-14(4,5)10-6-7-12(16)11(15)8-10/h9-10,12,17H,6-8,11,13H2,1-5H3;6-8,16H,9H2,1-5H3. The number of hydrogen-bond acceptors (Lipinski definition) is 3. The molecule has 1 heterocycles. The Morgan fingerprint density at radius 1 is 0.763 bits per heavy atom. The van der Waals surface area contributed by atoms with Crippen LogP contribution in [0.15, 0.2) is 36.4 Å². The van der Waals surface area contributed by atoms with Crippen LogP contribution >= 0.6 is 45.2 Å². The van der Waals surface area contributed by atoms with Gasteiger partial charge in [-0.15, -0.1) is 0 Å². The Hall–Kier alpha value is -0.540. The first-order chi connectivity index (χ1) is 17.3. The third-order valence-corrected chi connectivity index (χ3v) is 8.49. The maximum Gasteiger partial charge on any atom is 0.199 e. The summed E-state index contributed by atoms with van der Waals surface area (Å²) in [6.07, 6.45) is 5.54. The van der Waals surface area contributed by atoms with Crippen LogP contribution < -0.4 is 4.74 Å². The van der Waals surface area contributed by atoms with Crippen LogP contribution in [-0.4, -0.2) is 18.0 Å². The Morgan fingerprint density at radius 2 is 1.26 bits per heavy atom. The summed E-state index contributed by atoms with van der Waals surface area (Å²) in [5.74, 6) is 1.32. The van der Waals surface area contributed by atoms with E-state index >= 15 is 0 Å². The number of phenolic OH excluding ortho intramolecular Hbond substituents is 1. The molecule has 0 radical (unpaired) electrons. The van der Waals surface area contributed by atoms with Crippen LogP contribution in [0.1, 0.15) is 112 Å². The fraction of sp³-hybridized carbons (Fsp3) is 0.636. The Kier molecular flexibility index (Phi) is 11.9. The molecule has 0 bridgehead atoms. The zero-order valence-corrected chi connectivity index (χ0v) is 29.6. The van der Waals surface area contributed by atoms with Crippen molar-refractivity contribution in [3.63, 3.8) is 0 Å². The summed E-state index contributed by atoms with van der Waals surface area (Å²) >= 11 is 4.56. The topological polar surface area (TPSA) is 38.7 Å². The van der Waals surface area contributed by atoms with Gasteiger partial charge in [0.2, 0.25) is 0 Å². The van der Waals surface area contributed by atoms with Crippen molar-refractivity contribution < 1.29 is 14.6 Å². The van der Waals surface area contributed by atoms with Crippen molar-refractivity contribution in [3.05, 3.63) is 54.7 Å². The summed E-state index contributed by atoms with van der Waals surface area (Å²) in [7, 11) is 0. The highest BCUT2D eigenvalue weighted by molar-refractivity contribution is 14.1. The van der Waals surface area contributed by atoms with E-state index in [4.69, 9.17) is 9.47 Å². The summed E-state index contributed by atoms with van der Waals surface area (Å²) in [6.45, 7) is 23.7. The first-order valence-electron chi connectivity index (χ1n) is 13.9. The lowest BCUT2D eigenvalue weighted by atomic mass is 9.72. The average Bonchev–Trinajstić information content (AvgIpc) is 2.75. The fourth-order valence-corrected chi connectivity index (χ4v) is 6.90. The van der Waals surface area contributed by atoms with E-state index in [0.717, 1.165) is 41.6 Å². The fourth-order valence-electron chi connectivity index (χ4n) is 5.75. The molecule has 0 amide bonds. The van der Waals surface area contributed by atoms with Gasteiger partial charge in [0.15, 0.2) is 6.29 Å². The molecule has 0 spiro atoms. The second-order valence-electron chi connectivity index (χ2n) is 14.5. The average molecular weight is 749 g/mol. The first kappa shape index (κ1) is 33.7. The maximum atomic E-state index is 9.53. The number of ether oxygens (including phenoxy) is 2. The molecule has 1 atom stereocenters. The van der Waals surface area contributed by atoms with Crippen molar-refractivity contribution in [3.8, 4) is 11.5 Å². The second kappa shape index (κ2) is 13.4. The number of benzene rings is 2. The van der Waals surface area contributed by atoms with Crippen LogP contribution in [-0.2, 0) is 15.6 Å². The summed E-state index contributed by atoms with van der Waals surface area (Å²) in [4.78, 5) is 0. The first-order valence-corrected chi connectivity index (χ1v) is 16.0. The van der Waals surface area contributed by atoms with E-state index in [0.29, 0.717) is 16.6 Å². The van der Waals surface area contributed by atoms with Crippen molar-refractivity contribution in [1.29, 1.82) is 0 Å². The molecule has 2 aromatic carbocycles. The van der Waals surface area contributed by atoms with Gasteiger partial charge in [-0.2, -0.15) is 0 Å². The Labute approximate surface area is 260 Å². The van der Waals surface area contributed by atoms with E-state index in [1.54, 1.807) is 6.07 Å². The van der Waals surface area contributed by atoms with Crippen LogP contribution in [0.3, 0.4) is 0 Å². The lowest BCUT2D eigenvalue weighted by molar-refractivity contribution is -0.106. The zero-order chi connectivity index (χ0) is 28.9.